The first-order valence-corrected chi connectivity index (χ1v) is 10.4. The third-order valence-corrected chi connectivity index (χ3v) is 6.35. The van der Waals surface area contributed by atoms with Gasteiger partial charge >= 0.3 is 0 Å². The topological polar surface area (TPSA) is 32.7 Å². The molecule has 2 aliphatic rings. The van der Waals surface area contributed by atoms with E-state index in [1.165, 1.54) is 5.56 Å². The third kappa shape index (κ3) is 3.15. The molecule has 5 heteroatoms. The summed E-state index contributed by atoms with van der Waals surface area (Å²) in [4.78, 5) is 13.4. The molecule has 1 heterocycles. The van der Waals surface area contributed by atoms with E-state index in [2.05, 4.69) is 18.2 Å². The van der Waals surface area contributed by atoms with Crippen molar-refractivity contribution < 1.29 is 4.79 Å². The molecule has 0 saturated carbocycles. The Morgan fingerprint density at radius 2 is 1.66 bits per heavy atom. The van der Waals surface area contributed by atoms with E-state index in [4.69, 9.17) is 28.3 Å². The predicted molar refractivity (Wildman–Crippen MR) is 117 cm³/mol. The second-order valence-electron chi connectivity index (χ2n) is 7.41. The summed E-state index contributed by atoms with van der Waals surface area (Å²) < 4.78 is 0. The number of amides is 1. The van der Waals surface area contributed by atoms with Gasteiger partial charge in [0.25, 0.3) is 5.91 Å². The highest BCUT2D eigenvalue weighted by Crippen LogP contribution is 2.45. The second-order valence-corrected chi connectivity index (χ2v) is 8.25. The number of fused-ring (bicyclic) bond motifs is 3. The van der Waals surface area contributed by atoms with Gasteiger partial charge in [0, 0.05) is 27.1 Å². The predicted octanol–water partition coefficient (Wildman–Crippen LogP) is 6.16. The lowest BCUT2D eigenvalue weighted by molar-refractivity contribution is 0.0682. The Morgan fingerprint density at radius 1 is 0.931 bits per heavy atom. The van der Waals surface area contributed by atoms with Crippen molar-refractivity contribution in [3.05, 3.63) is 105 Å². The van der Waals surface area contributed by atoms with E-state index in [0.717, 1.165) is 29.7 Å². The van der Waals surface area contributed by atoms with Gasteiger partial charge in [-0.25, -0.2) is 5.01 Å². The van der Waals surface area contributed by atoms with E-state index in [9.17, 15) is 4.79 Å². The van der Waals surface area contributed by atoms with Gasteiger partial charge in [0.15, 0.2) is 0 Å². The first-order chi connectivity index (χ1) is 14.1. The quantitative estimate of drug-likeness (QED) is 0.488. The zero-order valence-corrected chi connectivity index (χ0v) is 17.1. The highest BCUT2D eigenvalue weighted by atomic mass is 35.5. The van der Waals surface area contributed by atoms with Crippen LogP contribution in [0.1, 0.15) is 39.5 Å². The fraction of sp³-hybridized carbons (Fsp3) is 0.167. The number of hydrazone groups is 1. The molecular formula is C24H18Cl2N2O. The van der Waals surface area contributed by atoms with Crippen LogP contribution in [0.2, 0.25) is 10.0 Å². The molecule has 0 spiro atoms. The zero-order valence-electron chi connectivity index (χ0n) is 15.6. The van der Waals surface area contributed by atoms with Crippen LogP contribution in [-0.4, -0.2) is 16.6 Å². The normalized spacial score (nSPS) is 20.1. The number of aryl methyl sites for hydroxylation is 1. The second kappa shape index (κ2) is 7.33. The molecule has 1 aliphatic heterocycles. The lowest BCUT2D eigenvalue weighted by Gasteiger charge is -2.30. The number of carbonyl (C=O) groups is 1. The van der Waals surface area contributed by atoms with Gasteiger partial charge in [-0.3, -0.25) is 4.79 Å². The highest BCUT2D eigenvalue weighted by molar-refractivity contribution is 6.31. The van der Waals surface area contributed by atoms with Crippen LogP contribution in [0.5, 0.6) is 0 Å². The maximum absolute atomic E-state index is 13.4. The summed E-state index contributed by atoms with van der Waals surface area (Å²) in [5.74, 6) is -0.0352. The van der Waals surface area contributed by atoms with Gasteiger partial charge in [0.1, 0.15) is 0 Å². The molecule has 3 nitrogen and oxygen atoms in total. The Bertz CT molecular complexity index is 1120. The average Bonchev–Trinajstić information content (AvgIpc) is 3.14. The Morgan fingerprint density at radius 3 is 2.45 bits per heavy atom. The summed E-state index contributed by atoms with van der Waals surface area (Å²) in [5.41, 5.74) is 4.87. The fourth-order valence-electron chi connectivity index (χ4n) is 4.38. The summed E-state index contributed by atoms with van der Waals surface area (Å²) in [6, 6.07) is 22.8. The summed E-state index contributed by atoms with van der Waals surface area (Å²) >= 11 is 12.6. The number of nitrogens with zero attached hydrogens (tertiary/aromatic N) is 2. The van der Waals surface area contributed by atoms with Crippen LogP contribution in [0.3, 0.4) is 0 Å². The minimum absolute atomic E-state index is 0.112. The lowest BCUT2D eigenvalue weighted by Crippen LogP contribution is -2.32. The summed E-state index contributed by atoms with van der Waals surface area (Å²) in [6.45, 7) is 0. The van der Waals surface area contributed by atoms with Crippen molar-refractivity contribution in [2.24, 2.45) is 11.0 Å². The number of halogens is 2. The van der Waals surface area contributed by atoms with E-state index >= 15 is 0 Å². The highest BCUT2D eigenvalue weighted by Gasteiger charge is 2.44. The molecule has 3 aromatic carbocycles. The molecule has 29 heavy (non-hydrogen) atoms. The van der Waals surface area contributed by atoms with Gasteiger partial charge < -0.3 is 0 Å². The molecule has 3 aromatic rings. The van der Waals surface area contributed by atoms with E-state index < -0.39 is 0 Å². The number of benzene rings is 3. The molecular weight excluding hydrogens is 403 g/mol. The zero-order chi connectivity index (χ0) is 20.0. The number of hydrogen-bond acceptors (Lipinski definition) is 2. The Kier molecular flexibility index (Phi) is 4.65. The Labute approximate surface area is 179 Å². The maximum Gasteiger partial charge on any atom is 0.274 e. The fourth-order valence-corrected chi connectivity index (χ4v) is 4.75. The maximum atomic E-state index is 13.4. The monoisotopic (exact) mass is 420 g/mol. The van der Waals surface area contributed by atoms with Crippen LogP contribution in [0.15, 0.2) is 77.9 Å². The first kappa shape index (κ1) is 18.4. The van der Waals surface area contributed by atoms with Crippen LogP contribution >= 0.6 is 23.2 Å². The molecule has 0 unspecified atom stereocenters. The molecule has 144 valence electrons. The lowest BCUT2D eigenvalue weighted by atomic mass is 9.77. The minimum Gasteiger partial charge on any atom is -0.267 e. The van der Waals surface area contributed by atoms with Crippen LogP contribution in [0.25, 0.3) is 0 Å². The van der Waals surface area contributed by atoms with Crippen LogP contribution < -0.4 is 0 Å². The van der Waals surface area contributed by atoms with Crippen molar-refractivity contribution in [1.82, 2.24) is 5.01 Å². The largest absolute Gasteiger partial charge is 0.274 e. The molecule has 5 rings (SSSR count). The third-order valence-electron chi connectivity index (χ3n) is 5.75. The van der Waals surface area contributed by atoms with Crippen LogP contribution in [-0.2, 0) is 6.42 Å². The van der Waals surface area contributed by atoms with Crippen molar-refractivity contribution in [1.29, 1.82) is 0 Å². The minimum atomic E-state index is -0.227. The summed E-state index contributed by atoms with van der Waals surface area (Å²) in [7, 11) is 0. The van der Waals surface area contributed by atoms with Gasteiger partial charge in [0.05, 0.1) is 11.8 Å². The molecule has 0 radical (unpaired) electrons. The van der Waals surface area contributed by atoms with Crippen molar-refractivity contribution in [3.63, 3.8) is 0 Å². The molecule has 0 bridgehead atoms. The Hall–Kier alpha value is -2.62. The van der Waals surface area contributed by atoms with Gasteiger partial charge in [-0.1, -0.05) is 65.7 Å². The number of hydrogen-bond donors (Lipinski definition) is 0. The Balaban J connectivity index is 1.64. The van der Waals surface area contributed by atoms with Crippen LogP contribution in [0.4, 0.5) is 0 Å². The van der Waals surface area contributed by atoms with Crippen molar-refractivity contribution in [2.75, 3.05) is 0 Å². The average molecular weight is 421 g/mol. The molecule has 0 saturated heterocycles. The summed E-state index contributed by atoms with van der Waals surface area (Å²) in [6.07, 6.45) is 1.89. The van der Waals surface area contributed by atoms with Gasteiger partial charge in [-0.2, -0.15) is 5.10 Å². The standard InChI is InChI=1S/C24H18Cl2N2O/c25-17-12-9-16(10-13-17)24(29)28-23(19-7-3-4-8-21(19)26)20-14-11-15-5-1-2-6-18(15)22(20)27-28/h1-10,12-13,20,23H,11,14H2/t20-,23-/m1/s1. The van der Waals surface area contributed by atoms with Gasteiger partial charge in [0.2, 0.25) is 0 Å². The van der Waals surface area contributed by atoms with Gasteiger partial charge in [-0.05, 0) is 54.3 Å². The van der Waals surface area contributed by atoms with E-state index in [1.807, 2.05) is 30.3 Å². The van der Waals surface area contributed by atoms with E-state index in [-0.39, 0.29) is 17.9 Å². The van der Waals surface area contributed by atoms with Crippen molar-refractivity contribution in [3.8, 4) is 0 Å². The van der Waals surface area contributed by atoms with Crippen molar-refractivity contribution >= 4 is 34.8 Å². The summed E-state index contributed by atoms with van der Waals surface area (Å²) in [5, 5.41) is 7.73. The smallest absolute Gasteiger partial charge is 0.267 e. The first-order valence-electron chi connectivity index (χ1n) is 9.64. The molecule has 0 N–H and O–H groups in total. The van der Waals surface area contributed by atoms with Crippen molar-refractivity contribution in [2.45, 2.75) is 18.9 Å². The molecule has 2 atom stereocenters. The van der Waals surface area contributed by atoms with Gasteiger partial charge in [-0.15, -0.1) is 0 Å². The molecule has 1 aliphatic carbocycles. The van der Waals surface area contributed by atoms with Crippen LogP contribution in [0, 0.1) is 5.92 Å². The molecule has 0 aromatic heterocycles. The SMILES string of the molecule is O=C(c1ccc(Cl)cc1)N1N=C2c3ccccc3CC[C@H]2[C@H]1c1ccccc1Cl. The van der Waals surface area contributed by atoms with E-state index in [1.54, 1.807) is 29.3 Å². The van der Waals surface area contributed by atoms with E-state index in [0.29, 0.717) is 15.6 Å². The number of carbonyl (C=O) groups excluding carboxylic acids is 1. The molecule has 1 amide bonds. The number of rotatable bonds is 2. The molecule has 0 fully saturated rings.